The first-order valence-corrected chi connectivity index (χ1v) is 7.47. The maximum atomic E-state index is 12.4. The van der Waals surface area contributed by atoms with Gasteiger partial charge in [-0.25, -0.2) is 4.79 Å². The van der Waals surface area contributed by atoms with Crippen molar-refractivity contribution in [2.45, 2.75) is 32.4 Å². The van der Waals surface area contributed by atoms with E-state index in [0.717, 1.165) is 24.9 Å². The average Bonchev–Trinajstić information content (AvgIpc) is 2.44. The van der Waals surface area contributed by atoms with Gasteiger partial charge in [0, 0.05) is 24.2 Å². The fourth-order valence-electron chi connectivity index (χ4n) is 3.32. The summed E-state index contributed by atoms with van der Waals surface area (Å²) in [6, 6.07) is 3.94. The molecule has 2 heterocycles. The van der Waals surface area contributed by atoms with Crippen LogP contribution in [0.4, 0.5) is 0 Å². The zero-order chi connectivity index (χ0) is 16.0. The zero-order valence-electron chi connectivity index (χ0n) is 13.1. The number of rotatable bonds is 3. The van der Waals surface area contributed by atoms with Crippen LogP contribution in [0.1, 0.15) is 40.9 Å². The molecule has 0 spiro atoms. The Balaban J connectivity index is 2.38. The van der Waals surface area contributed by atoms with E-state index in [2.05, 4.69) is 11.8 Å². The van der Waals surface area contributed by atoms with E-state index in [1.54, 1.807) is 6.07 Å². The molecule has 0 saturated heterocycles. The van der Waals surface area contributed by atoms with Crippen LogP contribution in [0.15, 0.2) is 23.1 Å². The molecule has 0 radical (unpaired) electrons. The lowest BCUT2D eigenvalue weighted by atomic mass is 9.92. The predicted octanol–water partition coefficient (Wildman–Crippen LogP) is 2.27. The fraction of sp³-hybridized carbons (Fsp3) is 0.412. The third-order valence-corrected chi connectivity index (χ3v) is 4.40. The number of aromatic nitrogens is 1. The highest BCUT2D eigenvalue weighted by Gasteiger charge is 2.24. The first-order valence-electron chi connectivity index (χ1n) is 7.47. The number of aryl methyl sites for hydroxylation is 1. The molecule has 1 aromatic heterocycles. The van der Waals surface area contributed by atoms with Crippen LogP contribution in [0.5, 0.6) is 0 Å². The van der Waals surface area contributed by atoms with Gasteiger partial charge < -0.3 is 14.6 Å². The van der Waals surface area contributed by atoms with Crippen molar-refractivity contribution in [2.75, 3.05) is 14.1 Å². The molecule has 0 bridgehead atoms. The summed E-state index contributed by atoms with van der Waals surface area (Å²) in [5.41, 5.74) is 2.77. The van der Waals surface area contributed by atoms with Gasteiger partial charge in [-0.2, -0.15) is 0 Å². The van der Waals surface area contributed by atoms with Gasteiger partial charge in [0.2, 0.25) is 5.43 Å². The third-order valence-electron chi connectivity index (χ3n) is 4.40. The Labute approximate surface area is 128 Å². The first kappa shape index (κ1) is 14.8. The minimum atomic E-state index is -1.16. The Morgan fingerprint density at radius 1 is 1.41 bits per heavy atom. The normalized spacial score (nSPS) is 17.2. The van der Waals surface area contributed by atoms with Crippen molar-refractivity contribution in [1.82, 2.24) is 9.47 Å². The molecule has 5 heteroatoms. The molecule has 22 heavy (non-hydrogen) atoms. The van der Waals surface area contributed by atoms with E-state index in [0.29, 0.717) is 5.39 Å². The van der Waals surface area contributed by atoms with E-state index in [1.165, 1.54) is 17.3 Å². The molecule has 1 unspecified atom stereocenters. The standard InChI is InChI=1S/C17H20N2O3/c1-10-4-6-12-11(8-18(2)3)5-7-13-15(12)19(10)9-14(16(13)20)17(21)22/h5,7,9-10H,4,6,8H2,1-3H3,(H,21,22). The van der Waals surface area contributed by atoms with Crippen LogP contribution < -0.4 is 5.43 Å². The van der Waals surface area contributed by atoms with Crippen LogP contribution in [0.3, 0.4) is 0 Å². The van der Waals surface area contributed by atoms with Gasteiger partial charge in [-0.3, -0.25) is 4.79 Å². The minimum absolute atomic E-state index is 0.146. The molecule has 0 fully saturated rings. The summed E-state index contributed by atoms with van der Waals surface area (Å²) >= 11 is 0. The lowest BCUT2D eigenvalue weighted by molar-refractivity contribution is 0.0694. The van der Waals surface area contributed by atoms with Crippen molar-refractivity contribution >= 4 is 16.9 Å². The molecule has 0 aliphatic carbocycles. The Kier molecular flexibility index (Phi) is 3.53. The molecule has 1 aliphatic heterocycles. The lowest BCUT2D eigenvalue weighted by Crippen LogP contribution is -2.25. The van der Waals surface area contributed by atoms with Gasteiger partial charge in [0.25, 0.3) is 0 Å². The summed E-state index contributed by atoms with van der Waals surface area (Å²) in [7, 11) is 4.03. The van der Waals surface area contributed by atoms with E-state index in [-0.39, 0.29) is 17.0 Å². The summed E-state index contributed by atoms with van der Waals surface area (Å²) < 4.78 is 1.97. The largest absolute Gasteiger partial charge is 0.477 e. The van der Waals surface area contributed by atoms with Crippen LogP contribution in [-0.2, 0) is 13.0 Å². The van der Waals surface area contributed by atoms with Crippen LogP contribution in [-0.4, -0.2) is 34.6 Å². The highest BCUT2D eigenvalue weighted by molar-refractivity contribution is 5.94. The number of benzene rings is 1. The highest BCUT2D eigenvalue weighted by atomic mass is 16.4. The van der Waals surface area contributed by atoms with Gasteiger partial charge in [0.05, 0.1) is 5.52 Å². The summed E-state index contributed by atoms with van der Waals surface area (Å²) in [6.45, 7) is 2.88. The fourth-order valence-corrected chi connectivity index (χ4v) is 3.32. The monoisotopic (exact) mass is 300 g/mol. The van der Waals surface area contributed by atoms with E-state index in [9.17, 15) is 14.7 Å². The Hall–Kier alpha value is -2.14. The second-order valence-electron chi connectivity index (χ2n) is 6.31. The van der Waals surface area contributed by atoms with E-state index >= 15 is 0 Å². The lowest BCUT2D eigenvalue weighted by Gasteiger charge is -2.28. The molecule has 2 aromatic rings. The molecule has 1 atom stereocenters. The second-order valence-corrected chi connectivity index (χ2v) is 6.31. The Morgan fingerprint density at radius 2 is 2.14 bits per heavy atom. The van der Waals surface area contributed by atoms with Gasteiger partial charge >= 0.3 is 5.97 Å². The van der Waals surface area contributed by atoms with E-state index in [1.807, 2.05) is 24.7 Å². The number of pyridine rings is 1. The number of hydrogen-bond acceptors (Lipinski definition) is 3. The maximum absolute atomic E-state index is 12.4. The molecule has 1 aromatic carbocycles. The van der Waals surface area contributed by atoms with Crippen LogP contribution in [0, 0.1) is 0 Å². The van der Waals surface area contributed by atoms with Crippen molar-refractivity contribution in [3.8, 4) is 0 Å². The molecule has 3 rings (SSSR count). The predicted molar refractivity (Wildman–Crippen MR) is 85.6 cm³/mol. The number of carbonyl (C=O) groups is 1. The number of nitrogens with zero attached hydrogens (tertiary/aromatic N) is 2. The molecular weight excluding hydrogens is 280 g/mol. The summed E-state index contributed by atoms with van der Waals surface area (Å²) in [5, 5.41) is 9.79. The zero-order valence-corrected chi connectivity index (χ0v) is 13.1. The summed E-state index contributed by atoms with van der Waals surface area (Å²) in [6.07, 6.45) is 3.39. The van der Waals surface area contributed by atoms with Gasteiger partial charge in [0.15, 0.2) is 0 Å². The van der Waals surface area contributed by atoms with E-state index in [4.69, 9.17) is 0 Å². The first-order chi connectivity index (χ1) is 10.4. The molecule has 0 amide bonds. The van der Waals surface area contributed by atoms with Gasteiger partial charge in [-0.15, -0.1) is 0 Å². The number of carboxylic acid groups (broad SMARTS) is 1. The van der Waals surface area contributed by atoms with E-state index < -0.39 is 5.97 Å². The highest BCUT2D eigenvalue weighted by Crippen LogP contribution is 2.32. The van der Waals surface area contributed by atoms with Crippen molar-refractivity contribution in [1.29, 1.82) is 0 Å². The molecule has 5 nitrogen and oxygen atoms in total. The SMILES string of the molecule is CC1CCc2c(CN(C)C)ccc3c(=O)c(C(=O)O)cn1c23. The molecule has 0 saturated carbocycles. The third kappa shape index (κ3) is 2.22. The molecule has 1 N–H and O–H groups in total. The molecular formula is C17H20N2O3. The summed E-state index contributed by atoms with van der Waals surface area (Å²) in [5.74, 6) is -1.16. The Morgan fingerprint density at radius 3 is 2.77 bits per heavy atom. The maximum Gasteiger partial charge on any atom is 0.341 e. The van der Waals surface area contributed by atoms with Gasteiger partial charge in [-0.1, -0.05) is 6.07 Å². The topological polar surface area (TPSA) is 62.5 Å². The van der Waals surface area contributed by atoms with Crippen molar-refractivity contribution in [3.05, 3.63) is 45.2 Å². The quantitative estimate of drug-likeness (QED) is 0.944. The summed E-state index contributed by atoms with van der Waals surface area (Å²) in [4.78, 5) is 25.9. The van der Waals surface area contributed by atoms with Crippen LogP contribution in [0.2, 0.25) is 0 Å². The molecule has 116 valence electrons. The Bertz CT molecular complexity index is 821. The van der Waals surface area contributed by atoms with Crippen LogP contribution in [0.25, 0.3) is 10.9 Å². The number of aromatic carboxylic acids is 1. The van der Waals surface area contributed by atoms with Crippen LogP contribution >= 0.6 is 0 Å². The number of hydrogen-bond donors (Lipinski definition) is 1. The number of carboxylic acids is 1. The van der Waals surface area contributed by atoms with Crippen molar-refractivity contribution in [2.24, 2.45) is 0 Å². The molecule has 1 aliphatic rings. The van der Waals surface area contributed by atoms with Gasteiger partial charge in [-0.05, 0) is 51.1 Å². The van der Waals surface area contributed by atoms with Crippen molar-refractivity contribution in [3.63, 3.8) is 0 Å². The smallest absolute Gasteiger partial charge is 0.341 e. The van der Waals surface area contributed by atoms with Gasteiger partial charge in [0.1, 0.15) is 5.56 Å². The second kappa shape index (κ2) is 5.25. The minimum Gasteiger partial charge on any atom is -0.477 e. The average molecular weight is 300 g/mol. The van der Waals surface area contributed by atoms with Crippen molar-refractivity contribution < 1.29 is 9.90 Å².